The first-order valence-corrected chi connectivity index (χ1v) is 16.9. The summed E-state index contributed by atoms with van der Waals surface area (Å²) in [7, 11) is -0.356. The summed E-state index contributed by atoms with van der Waals surface area (Å²) in [6.45, 7) is 5.47. The first-order valence-electron chi connectivity index (χ1n) is 7.61. The summed E-state index contributed by atoms with van der Waals surface area (Å²) < 4.78 is 1.24. The van der Waals surface area contributed by atoms with Crippen LogP contribution >= 0.6 is 0 Å². The van der Waals surface area contributed by atoms with Crippen molar-refractivity contribution in [3.05, 3.63) is 0 Å². The van der Waals surface area contributed by atoms with Crippen molar-refractivity contribution in [2.75, 3.05) is 0 Å². The molecule has 10 rings (SSSR count). The second-order valence-corrected chi connectivity index (χ2v) is 38.9. The number of rotatable bonds is 2. The molecule has 88 valence electrons. The molecular weight excluding hydrogens is 252 g/mol. The molecule has 0 nitrogen and oxygen atoms in total. The quantitative estimate of drug-likeness (QED) is 0.643. The van der Waals surface area contributed by atoms with Gasteiger partial charge in [-0.25, -0.2) is 0 Å². The summed E-state index contributed by atoms with van der Waals surface area (Å²) >= 11 is 0. The first kappa shape index (κ1) is 6.26. The van der Waals surface area contributed by atoms with Crippen LogP contribution in [-0.4, -0.2) is 8.80 Å². The van der Waals surface area contributed by atoms with Gasteiger partial charge in [-0.05, 0) is 0 Å². The van der Waals surface area contributed by atoms with E-state index in [0.29, 0.717) is 0 Å². The van der Waals surface area contributed by atoms with Crippen molar-refractivity contribution < 1.29 is 6.51 Å². The van der Waals surface area contributed by atoms with Crippen molar-refractivity contribution in [1.82, 2.24) is 0 Å². The van der Waals surface area contributed by atoms with E-state index in [1.807, 2.05) is 0 Å². The SMILES string of the molecule is CC([SiH](C)C)[C]12[CH]3[CH]4[CH]5[CH]1[Fe]45321678[CH]2[CH]1[CH]6[CH]7[CH]28. The van der Waals surface area contributed by atoms with E-state index >= 15 is 0 Å². The summed E-state index contributed by atoms with van der Waals surface area (Å²) in [5.41, 5.74) is 1.29. The molecule has 0 amide bonds. The Labute approximate surface area is 88.4 Å². The van der Waals surface area contributed by atoms with Crippen molar-refractivity contribution in [2.24, 2.45) is 0 Å². The molecule has 10 aliphatic rings. The Morgan fingerprint density at radius 1 is 0.875 bits per heavy atom. The zero-order valence-electron chi connectivity index (χ0n) is 10.2. The molecule has 0 aromatic heterocycles. The molecule has 10 fully saturated rings. The molecule has 10 saturated heterocycles. The molecular formula is C14H20FeSi. The molecule has 1 spiro atoms. The third-order valence-corrected chi connectivity index (χ3v) is 62.2. The van der Waals surface area contributed by atoms with Gasteiger partial charge in [-0.1, -0.05) is 0 Å². The van der Waals surface area contributed by atoms with Crippen LogP contribution in [0.3, 0.4) is 0 Å². The van der Waals surface area contributed by atoms with Gasteiger partial charge < -0.3 is 0 Å². The van der Waals surface area contributed by atoms with Crippen molar-refractivity contribution in [3.8, 4) is 0 Å². The molecule has 16 heavy (non-hydrogen) atoms. The van der Waals surface area contributed by atoms with Crippen LogP contribution in [0, 0.1) is 0 Å². The van der Waals surface area contributed by atoms with Crippen LogP contribution in [0.5, 0.6) is 0 Å². The van der Waals surface area contributed by atoms with E-state index in [1.54, 1.807) is 43.3 Å². The monoisotopic (exact) mass is 272 g/mol. The number of fused-ring (bicyclic) bond motifs is 10. The molecule has 0 aliphatic carbocycles. The van der Waals surface area contributed by atoms with Crippen LogP contribution in [0.1, 0.15) is 6.92 Å². The molecule has 2 heteroatoms. The Morgan fingerprint density at radius 2 is 1.31 bits per heavy atom. The van der Waals surface area contributed by atoms with Crippen molar-refractivity contribution >= 4 is 8.80 Å². The summed E-state index contributed by atoms with van der Waals surface area (Å²) in [6.07, 6.45) is 0. The molecule has 10 heterocycles. The van der Waals surface area contributed by atoms with Crippen LogP contribution in [0.15, 0.2) is 0 Å². The zero-order valence-corrected chi connectivity index (χ0v) is 12.5. The zero-order chi connectivity index (χ0) is 10.2. The van der Waals surface area contributed by atoms with Crippen molar-refractivity contribution in [2.45, 2.75) is 73.2 Å². The first-order chi connectivity index (χ1) is 7.40. The predicted octanol–water partition coefficient (Wildman–Crippen LogP) is 4.62. The van der Waals surface area contributed by atoms with Gasteiger partial charge in [0.25, 0.3) is 0 Å². The van der Waals surface area contributed by atoms with E-state index in [0.717, 1.165) is 0 Å². The molecule has 10 aliphatic heterocycles. The van der Waals surface area contributed by atoms with E-state index in [4.69, 9.17) is 0 Å². The number of hydrogen-bond donors (Lipinski definition) is 0. The predicted molar refractivity (Wildman–Crippen MR) is 64.7 cm³/mol. The molecule has 0 saturated carbocycles. The molecule has 5 atom stereocenters. The van der Waals surface area contributed by atoms with Gasteiger partial charge in [0.1, 0.15) is 0 Å². The number of hydrogen-bond acceptors (Lipinski definition) is 0. The van der Waals surface area contributed by atoms with Gasteiger partial charge in [-0.15, -0.1) is 0 Å². The van der Waals surface area contributed by atoms with Gasteiger partial charge in [-0.3, -0.25) is 0 Å². The maximum atomic E-state index is 2.76. The summed E-state index contributed by atoms with van der Waals surface area (Å²) in [6, 6.07) is 0. The van der Waals surface area contributed by atoms with Crippen LogP contribution in [-0.2, 0) is 6.51 Å². The van der Waals surface area contributed by atoms with E-state index in [1.165, 1.54) is 9.85 Å². The standard InChI is InChI=1S/C9H15Si.C5H5.Fe/c1-8(10(2)3)9-6-4-5-7-9;1-2-4-5-3-1;/h4-8,10H,1-3H3;1-5H;. The van der Waals surface area contributed by atoms with Crippen LogP contribution < -0.4 is 0 Å². The van der Waals surface area contributed by atoms with Gasteiger partial charge in [0, 0.05) is 0 Å². The Kier molecular flexibility index (Phi) is 0.186. The van der Waals surface area contributed by atoms with Crippen molar-refractivity contribution in [3.63, 3.8) is 0 Å². The third-order valence-electron chi connectivity index (χ3n) is 16.5. The fourth-order valence-corrected chi connectivity index (χ4v) is 99.3. The molecule has 0 radical (unpaired) electrons. The minimum atomic E-state index is -2.65. The topological polar surface area (TPSA) is 0 Å². The molecule has 0 N–H and O–H groups in total. The van der Waals surface area contributed by atoms with E-state index in [9.17, 15) is 0 Å². The van der Waals surface area contributed by atoms with E-state index in [-0.39, 0.29) is 8.80 Å². The summed E-state index contributed by atoms with van der Waals surface area (Å²) in [4.78, 5) is 14.0. The van der Waals surface area contributed by atoms with E-state index < -0.39 is 6.51 Å². The average molecular weight is 272 g/mol. The second-order valence-electron chi connectivity index (χ2n) is 11.8. The summed E-state index contributed by atoms with van der Waals surface area (Å²) in [5.74, 6) is 0. The van der Waals surface area contributed by atoms with E-state index in [2.05, 4.69) is 20.0 Å². The molecule has 0 aromatic rings. The average Bonchev–Trinajstić information content (AvgIpc) is 3.20. The Bertz CT molecular complexity index is 847. The van der Waals surface area contributed by atoms with Crippen LogP contribution in [0.4, 0.5) is 0 Å². The Morgan fingerprint density at radius 3 is 1.50 bits per heavy atom. The normalized spacial score (nSPS) is 128. The molecule has 0 bridgehead atoms. The van der Waals surface area contributed by atoms with Gasteiger partial charge in [0.05, 0.1) is 0 Å². The maximum absolute atomic E-state index is 2.76. The van der Waals surface area contributed by atoms with Gasteiger partial charge in [0.2, 0.25) is 0 Å². The van der Waals surface area contributed by atoms with Crippen LogP contribution in [0.2, 0.25) is 66.3 Å². The molecule has 5 unspecified atom stereocenters. The molecule has 0 aromatic carbocycles. The van der Waals surface area contributed by atoms with Gasteiger partial charge >= 0.3 is 88.5 Å². The van der Waals surface area contributed by atoms with Gasteiger partial charge in [-0.2, -0.15) is 0 Å². The Balaban J connectivity index is 1.66. The minimum absolute atomic E-state index is 0.356. The van der Waals surface area contributed by atoms with Crippen LogP contribution in [0.25, 0.3) is 0 Å². The van der Waals surface area contributed by atoms with Gasteiger partial charge in [0.15, 0.2) is 0 Å². The fraction of sp³-hybridized carbons (Fsp3) is 1.00. The van der Waals surface area contributed by atoms with Crippen molar-refractivity contribution in [1.29, 1.82) is 0 Å². The summed E-state index contributed by atoms with van der Waals surface area (Å²) in [5, 5.41) is 0. The Hall–Kier alpha value is 0.736. The fourth-order valence-electron chi connectivity index (χ4n) is 18.2. The third kappa shape index (κ3) is 0.0555. The second kappa shape index (κ2) is 0.476.